The van der Waals surface area contributed by atoms with Crippen molar-refractivity contribution in [3.63, 3.8) is 0 Å². The number of hydrogen-bond donors (Lipinski definition) is 0. The number of carbonyl (C=O) groups excluding carboxylic acids is 1. The molecule has 142 valence electrons. The van der Waals surface area contributed by atoms with Crippen LogP contribution < -0.4 is 14.2 Å². The summed E-state index contributed by atoms with van der Waals surface area (Å²) >= 11 is 0. The van der Waals surface area contributed by atoms with E-state index in [4.69, 9.17) is 14.2 Å². The third-order valence-corrected chi connectivity index (χ3v) is 5.52. The minimum absolute atomic E-state index is 0.0318. The van der Waals surface area contributed by atoms with E-state index in [1.165, 1.54) is 0 Å². The summed E-state index contributed by atoms with van der Waals surface area (Å²) < 4.78 is 16.8. The predicted molar refractivity (Wildman–Crippen MR) is 100 cm³/mol. The second-order valence-corrected chi connectivity index (χ2v) is 7.06. The van der Waals surface area contributed by atoms with Crippen LogP contribution >= 0.6 is 0 Å². The van der Waals surface area contributed by atoms with Crippen LogP contribution in [0.5, 0.6) is 17.2 Å². The number of amides is 1. The Hall–Kier alpha value is -2.76. The number of benzene rings is 1. The van der Waals surface area contributed by atoms with Gasteiger partial charge in [-0.2, -0.15) is 0 Å². The van der Waals surface area contributed by atoms with Crippen LogP contribution in [0.2, 0.25) is 0 Å². The molecule has 0 spiro atoms. The normalized spacial score (nSPS) is 23.8. The Labute approximate surface area is 159 Å². The second-order valence-electron chi connectivity index (χ2n) is 7.06. The first kappa shape index (κ1) is 17.6. The standard InChI is InChI=1S/C21H24N2O4/c1-25-17-5-6-19(20(13-17)26-2)21(24)23-14-3-4-15(23)12-18(11-14)27-16-7-9-22-10-8-16/h5-10,13-15,18H,3-4,11-12H2,1-2H3. The molecule has 0 aliphatic carbocycles. The summed E-state index contributed by atoms with van der Waals surface area (Å²) in [5.41, 5.74) is 0.587. The first-order valence-electron chi connectivity index (χ1n) is 9.31. The topological polar surface area (TPSA) is 60.9 Å². The number of carbonyl (C=O) groups is 1. The molecule has 1 amide bonds. The summed E-state index contributed by atoms with van der Waals surface area (Å²) in [5, 5.41) is 0. The number of ether oxygens (including phenoxy) is 3. The molecular formula is C21H24N2O4. The van der Waals surface area contributed by atoms with Crippen LogP contribution in [-0.2, 0) is 0 Å². The maximum Gasteiger partial charge on any atom is 0.258 e. The summed E-state index contributed by atoms with van der Waals surface area (Å²) in [6.45, 7) is 0. The SMILES string of the molecule is COc1ccc(C(=O)N2C3CCC2CC(Oc2ccncc2)C3)c(OC)c1. The van der Waals surface area contributed by atoms with Crippen LogP contribution in [0.4, 0.5) is 0 Å². The fourth-order valence-electron chi connectivity index (χ4n) is 4.28. The van der Waals surface area contributed by atoms with Crippen molar-refractivity contribution in [3.8, 4) is 17.2 Å². The Bertz CT molecular complexity index is 797. The van der Waals surface area contributed by atoms with Crippen LogP contribution in [0.1, 0.15) is 36.0 Å². The van der Waals surface area contributed by atoms with E-state index in [9.17, 15) is 4.79 Å². The summed E-state index contributed by atoms with van der Waals surface area (Å²) in [7, 11) is 3.18. The van der Waals surface area contributed by atoms with Gasteiger partial charge in [0.2, 0.25) is 0 Å². The highest BCUT2D eigenvalue weighted by molar-refractivity contribution is 5.97. The molecule has 4 rings (SSSR count). The summed E-state index contributed by atoms with van der Waals surface area (Å²) in [6.07, 6.45) is 7.34. The van der Waals surface area contributed by atoms with Gasteiger partial charge in [-0.25, -0.2) is 0 Å². The van der Waals surface area contributed by atoms with E-state index in [0.29, 0.717) is 17.1 Å². The molecule has 1 aromatic heterocycles. The molecule has 0 N–H and O–H groups in total. The third-order valence-electron chi connectivity index (χ3n) is 5.52. The van der Waals surface area contributed by atoms with Crippen LogP contribution in [0, 0.1) is 0 Å². The number of methoxy groups -OCH3 is 2. The van der Waals surface area contributed by atoms with Gasteiger partial charge >= 0.3 is 0 Å². The van der Waals surface area contributed by atoms with E-state index in [2.05, 4.69) is 4.98 Å². The third kappa shape index (κ3) is 3.44. The molecule has 2 aromatic rings. The van der Waals surface area contributed by atoms with Gasteiger partial charge in [-0.05, 0) is 37.1 Å². The average molecular weight is 368 g/mol. The average Bonchev–Trinajstić information content (AvgIpc) is 2.98. The van der Waals surface area contributed by atoms with E-state index in [1.807, 2.05) is 17.0 Å². The van der Waals surface area contributed by atoms with Crippen molar-refractivity contribution in [1.82, 2.24) is 9.88 Å². The maximum atomic E-state index is 13.3. The van der Waals surface area contributed by atoms with E-state index >= 15 is 0 Å². The summed E-state index contributed by atoms with van der Waals surface area (Å²) in [5.74, 6) is 2.10. The van der Waals surface area contributed by atoms with Crippen molar-refractivity contribution in [2.45, 2.75) is 43.9 Å². The molecule has 2 unspecified atom stereocenters. The first-order valence-corrected chi connectivity index (χ1v) is 9.31. The molecule has 2 aliphatic rings. The highest BCUT2D eigenvalue weighted by atomic mass is 16.5. The summed E-state index contributed by atoms with van der Waals surface area (Å²) in [6, 6.07) is 9.51. The number of aromatic nitrogens is 1. The lowest BCUT2D eigenvalue weighted by molar-refractivity contribution is 0.0356. The zero-order valence-corrected chi connectivity index (χ0v) is 15.6. The van der Waals surface area contributed by atoms with Crippen LogP contribution in [0.25, 0.3) is 0 Å². The largest absolute Gasteiger partial charge is 0.497 e. The predicted octanol–water partition coefficient (Wildman–Crippen LogP) is 3.31. The molecule has 1 aromatic carbocycles. The van der Waals surface area contributed by atoms with E-state index in [1.54, 1.807) is 44.8 Å². The number of pyridine rings is 1. The Balaban J connectivity index is 1.50. The fraction of sp³-hybridized carbons (Fsp3) is 0.429. The van der Waals surface area contributed by atoms with E-state index in [0.717, 1.165) is 31.4 Å². The maximum absolute atomic E-state index is 13.3. The van der Waals surface area contributed by atoms with Crippen molar-refractivity contribution < 1.29 is 19.0 Å². The lowest BCUT2D eigenvalue weighted by atomic mass is 9.98. The van der Waals surface area contributed by atoms with Crippen molar-refractivity contribution >= 4 is 5.91 Å². The molecule has 2 fully saturated rings. The van der Waals surface area contributed by atoms with Gasteiger partial charge in [0.05, 0.1) is 19.8 Å². The molecule has 6 nitrogen and oxygen atoms in total. The van der Waals surface area contributed by atoms with Crippen molar-refractivity contribution in [1.29, 1.82) is 0 Å². The van der Waals surface area contributed by atoms with Gasteiger partial charge < -0.3 is 19.1 Å². The van der Waals surface area contributed by atoms with Crippen molar-refractivity contribution in [2.24, 2.45) is 0 Å². The molecule has 2 aliphatic heterocycles. The summed E-state index contributed by atoms with van der Waals surface area (Å²) in [4.78, 5) is 19.3. The minimum atomic E-state index is 0.0318. The highest BCUT2D eigenvalue weighted by Gasteiger charge is 2.44. The van der Waals surface area contributed by atoms with Gasteiger partial charge in [0.1, 0.15) is 23.4 Å². The molecule has 0 radical (unpaired) electrons. The highest BCUT2D eigenvalue weighted by Crippen LogP contribution is 2.39. The van der Waals surface area contributed by atoms with Crippen molar-refractivity contribution in [3.05, 3.63) is 48.3 Å². The van der Waals surface area contributed by atoms with Crippen LogP contribution in [-0.4, -0.2) is 48.2 Å². The molecule has 2 bridgehead atoms. The van der Waals surface area contributed by atoms with Gasteiger partial charge in [0.15, 0.2) is 0 Å². The van der Waals surface area contributed by atoms with Gasteiger partial charge in [-0.15, -0.1) is 0 Å². The molecule has 2 saturated heterocycles. The molecule has 3 heterocycles. The Kier molecular flexibility index (Phi) is 4.88. The molecule has 27 heavy (non-hydrogen) atoms. The monoisotopic (exact) mass is 368 g/mol. The fourth-order valence-corrected chi connectivity index (χ4v) is 4.28. The van der Waals surface area contributed by atoms with Crippen LogP contribution in [0.15, 0.2) is 42.7 Å². The quantitative estimate of drug-likeness (QED) is 0.810. The van der Waals surface area contributed by atoms with Gasteiger partial charge in [-0.1, -0.05) is 0 Å². The Morgan fingerprint density at radius 3 is 2.33 bits per heavy atom. The zero-order chi connectivity index (χ0) is 18.8. The van der Waals surface area contributed by atoms with Crippen molar-refractivity contribution in [2.75, 3.05) is 14.2 Å². The van der Waals surface area contributed by atoms with Gasteiger partial charge in [0.25, 0.3) is 5.91 Å². The number of rotatable bonds is 5. The second kappa shape index (κ2) is 7.47. The molecule has 6 heteroatoms. The van der Waals surface area contributed by atoms with E-state index in [-0.39, 0.29) is 24.1 Å². The van der Waals surface area contributed by atoms with Crippen LogP contribution in [0.3, 0.4) is 0 Å². The van der Waals surface area contributed by atoms with Gasteiger partial charge in [0, 0.05) is 43.4 Å². The zero-order valence-electron chi connectivity index (χ0n) is 15.6. The molecular weight excluding hydrogens is 344 g/mol. The number of hydrogen-bond acceptors (Lipinski definition) is 5. The lowest BCUT2D eigenvalue weighted by Crippen LogP contribution is -2.49. The smallest absolute Gasteiger partial charge is 0.258 e. The number of fused-ring (bicyclic) bond motifs is 2. The lowest BCUT2D eigenvalue weighted by Gasteiger charge is -2.39. The first-order chi connectivity index (χ1) is 13.2. The Morgan fingerprint density at radius 2 is 1.70 bits per heavy atom. The van der Waals surface area contributed by atoms with Gasteiger partial charge in [-0.3, -0.25) is 9.78 Å². The molecule has 2 atom stereocenters. The minimum Gasteiger partial charge on any atom is -0.497 e. The molecule has 0 saturated carbocycles. The van der Waals surface area contributed by atoms with E-state index < -0.39 is 0 Å². The Morgan fingerprint density at radius 1 is 1.00 bits per heavy atom. The number of piperidine rings is 1. The number of nitrogens with zero attached hydrogens (tertiary/aromatic N) is 2.